The molecule has 5 heteroatoms. The molecule has 0 aliphatic heterocycles. The smallest absolute Gasteiger partial charge is 0.330 e. The molecule has 0 aromatic carbocycles. The van der Waals surface area contributed by atoms with E-state index in [2.05, 4.69) is 6.58 Å². The Hall–Kier alpha value is -1.65. The predicted molar refractivity (Wildman–Crippen MR) is 47.5 cm³/mol. The van der Waals surface area contributed by atoms with Gasteiger partial charge in [-0.25, -0.2) is 4.79 Å². The van der Waals surface area contributed by atoms with Crippen LogP contribution in [0.2, 0.25) is 0 Å². The zero-order chi connectivity index (χ0) is 9.84. The van der Waals surface area contributed by atoms with Gasteiger partial charge in [0.2, 0.25) is 5.88 Å². The van der Waals surface area contributed by atoms with Gasteiger partial charge in [0.05, 0.1) is 19.0 Å². The SMILES string of the molecule is C=COCCn1c(O)cn(C)c1=O. The summed E-state index contributed by atoms with van der Waals surface area (Å²) in [5, 5.41) is 9.27. The average molecular weight is 184 g/mol. The Morgan fingerprint density at radius 2 is 2.46 bits per heavy atom. The molecule has 0 atom stereocenters. The van der Waals surface area contributed by atoms with E-state index in [0.717, 1.165) is 0 Å². The predicted octanol–water partition coefficient (Wildman–Crippen LogP) is 0.0525. The number of aryl methyl sites for hydroxylation is 1. The standard InChI is InChI=1S/C8H12N2O3/c1-3-13-5-4-10-7(11)6-9(2)8(10)12/h3,6,11H,1,4-5H2,2H3. The van der Waals surface area contributed by atoms with Gasteiger partial charge in [-0.2, -0.15) is 0 Å². The van der Waals surface area contributed by atoms with Crippen LogP contribution < -0.4 is 5.69 Å². The first-order chi connectivity index (χ1) is 6.16. The van der Waals surface area contributed by atoms with E-state index >= 15 is 0 Å². The first kappa shape index (κ1) is 9.44. The summed E-state index contributed by atoms with van der Waals surface area (Å²) in [6, 6.07) is 0. The molecular weight excluding hydrogens is 172 g/mol. The first-order valence-electron chi connectivity index (χ1n) is 3.84. The molecule has 1 aromatic heterocycles. The Balaban J connectivity index is 2.76. The summed E-state index contributed by atoms with van der Waals surface area (Å²) in [6.07, 6.45) is 2.65. The molecule has 1 N–H and O–H groups in total. The Bertz CT molecular complexity index is 351. The molecule has 0 saturated heterocycles. The van der Waals surface area contributed by atoms with Gasteiger partial charge in [-0.15, -0.1) is 0 Å². The molecular formula is C8H12N2O3. The molecule has 0 fully saturated rings. The number of aromatic nitrogens is 2. The summed E-state index contributed by atoms with van der Waals surface area (Å²) in [6.45, 7) is 4.00. The summed E-state index contributed by atoms with van der Waals surface area (Å²) in [5.41, 5.74) is -0.259. The third-order valence-corrected chi connectivity index (χ3v) is 1.67. The van der Waals surface area contributed by atoms with Crippen molar-refractivity contribution in [2.45, 2.75) is 6.54 Å². The fourth-order valence-corrected chi connectivity index (χ4v) is 1.02. The number of hydrogen-bond acceptors (Lipinski definition) is 3. The quantitative estimate of drug-likeness (QED) is 0.531. The van der Waals surface area contributed by atoms with E-state index in [1.165, 1.54) is 21.6 Å². The van der Waals surface area contributed by atoms with Crippen LogP contribution in [0.15, 0.2) is 23.8 Å². The van der Waals surface area contributed by atoms with Crippen molar-refractivity contribution in [3.05, 3.63) is 29.5 Å². The van der Waals surface area contributed by atoms with Crippen LogP contribution in [0.4, 0.5) is 0 Å². The third-order valence-electron chi connectivity index (χ3n) is 1.67. The van der Waals surface area contributed by atoms with Gasteiger partial charge in [0.15, 0.2) is 0 Å². The van der Waals surface area contributed by atoms with E-state index < -0.39 is 0 Å². The van der Waals surface area contributed by atoms with Gasteiger partial charge in [-0.1, -0.05) is 6.58 Å². The minimum absolute atomic E-state index is 0.0554. The number of rotatable bonds is 4. The number of ether oxygens (including phenoxy) is 1. The topological polar surface area (TPSA) is 56.4 Å². The number of imidazole rings is 1. The normalized spacial score (nSPS) is 9.92. The molecule has 72 valence electrons. The Morgan fingerprint density at radius 3 is 2.92 bits per heavy atom. The van der Waals surface area contributed by atoms with Crippen LogP contribution >= 0.6 is 0 Å². The molecule has 0 aliphatic rings. The average Bonchev–Trinajstić information content (AvgIpc) is 2.32. The molecule has 0 saturated carbocycles. The molecule has 0 amide bonds. The highest BCUT2D eigenvalue weighted by atomic mass is 16.5. The molecule has 13 heavy (non-hydrogen) atoms. The van der Waals surface area contributed by atoms with E-state index in [-0.39, 0.29) is 11.6 Å². The zero-order valence-electron chi connectivity index (χ0n) is 7.43. The first-order valence-corrected chi connectivity index (χ1v) is 3.84. The van der Waals surface area contributed by atoms with E-state index in [1.807, 2.05) is 0 Å². The summed E-state index contributed by atoms with van der Waals surface area (Å²) in [5.74, 6) is -0.0554. The van der Waals surface area contributed by atoms with Crippen LogP contribution in [0.3, 0.4) is 0 Å². The summed E-state index contributed by atoms with van der Waals surface area (Å²) in [4.78, 5) is 11.3. The molecule has 0 bridgehead atoms. The molecule has 0 radical (unpaired) electrons. The highest BCUT2D eigenvalue weighted by Gasteiger charge is 2.06. The van der Waals surface area contributed by atoms with Crippen LogP contribution in [0, 0.1) is 0 Å². The minimum atomic E-state index is -0.259. The van der Waals surface area contributed by atoms with Gasteiger partial charge in [0.25, 0.3) is 0 Å². The van der Waals surface area contributed by atoms with Gasteiger partial charge < -0.3 is 9.84 Å². The van der Waals surface area contributed by atoms with Gasteiger partial charge in [0, 0.05) is 7.05 Å². The number of nitrogens with zero attached hydrogens (tertiary/aromatic N) is 2. The molecule has 5 nitrogen and oxygen atoms in total. The minimum Gasteiger partial charge on any atom is -0.500 e. The van der Waals surface area contributed by atoms with E-state index in [9.17, 15) is 9.90 Å². The number of aromatic hydroxyl groups is 1. The van der Waals surface area contributed by atoms with Crippen molar-refractivity contribution in [1.82, 2.24) is 9.13 Å². The van der Waals surface area contributed by atoms with Gasteiger partial charge in [0.1, 0.15) is 6.61 Å². The highest BCUT2D eigenvalue weighted by molar-refractivity contribution is 5.04. The third kappa shape index (κ3) is 1.93. The largest absolute Gasteiger partial charge is 0.500 e. The van der Waals surface area contributed by atoms with Crippen molar-refractivity contribution in [3.63, 3.8) is 0 Å². The van der Waals surface area contributed by atoms with Crippen LogP contribution in [0.25, 0.3) is 0 Å². The maximum absolute atomic E-state index is 11.3. The summed E-state index contributed by atoms with van der Waals surface area (Å²) >= 11 is 0. The second kappa shape index (κ2) is 3.84. The lowest BCUT2D eigenvalue weighted by molar-refractivity contribution is 0.229. The highest BCUT2D eigenvalue weighted by Crippen LogP contribution is 2.03. The molecule has 0 unspecified atom stereocenters. The van der Waals surface area contributed by atoms with Gasteiger partial charge >= 0.3 is 5.69 Å². The second-order valence-electron chi connectivity index (χ2n) is 2.57. The van der Waals surface area contributed by atoms with Gasteiger partial charge in [-0.05, 0) is 0 Å². The van der Waals surface area contributed by atoms with Crippen molar-refractivity contribution in [3.8, 4) is 5.88 Å². The van der Waals surface area contributed by atoms with E-state index in [0.29, 0.717) is 13.2 Å². The summed E-state index contributed by atoms with van der Waals surface area (Å²) in [7, 11) is 1.58. The fraction of sp³-hybridized carbons (Fsp3) is 0.375. The van der Waals surface area contributed by atoms with Crippen LogP contribution in [-0.2, 0) is 18.3 Å². The molecule has 0 aliphatic carbocycles. The second-order valence-corrected chi connectivity index (χ2v) is 2.57. The number of hydrogen-bond donors (Lipinski definition) is 1. The lowest BCUT2D eigenvalue weighted by atomic mass is 10.6. The van der Waals surface area contributed by atoms with Crippen LogP contribution in [0.1, 0.15) is 0 Å². The van der Waals surface area contributed by atoms with Crippen molar-refractivity contribution in [2.24, 2.45) is 7.05 Å². The zero-order valence-corrected chi connectivity index (χ0v) is 7.43. The van der Waals surface area contributed by atoms with E-state index in [1.54, 1.807) is 7.05 Å². The van der Waals surface area contributed by atoms with Gasteiger partial charge in [-0.3, -0.25) is 9.13 Å². The Labute approximate surface area is 75.5 Å². The van der Waals surface area contributed by atoms with E-state index in [4.69, 9.17) is 4.74 Å². The molecule has 0 spiro atoms. The Kier molecular flexibility index (Phi) is 2.79. The molecule has 1 heterocycles. The Morgan fingerprint density at radius 1 is 1.77 bits per heavy atom. The lowest BCUT2D eigenvalue weighted by Gasteiger charge is -2.01. The van der Waals surface area contributed by atoms with Crippen LogP contribution in [0.5, 0.6) is 5.88 Å². The van der Waals surface area contributed by atoms with Crippen molar-refractivity contribution < 1.29 is 9.84 Å². The summed E-state index contributed by atoms with van der Waals surface area (Å²) < 4.78 is 7.37. The maximum Gasteiger partial charge on any atom is 0.330 e. The van der Waals surface area contributed by atoms with Crippen molar-refractivity contribution >= 4 is 0 Å². The lowest BCUT2D eigenvalue weighted by Crippen LogP contribution is -2.23. The maximum atomic E-state index is 11.3. The van der Waals surface area contributed by atoms with Crippen molar-refractivity contribution in [2.75, 3.05) is 6.61 Å². The monoisotopic (exact) mass is 184 g/mol. The molecule has 1 rings (SSSR count). The van der Waals surface area contributed by atoms with Crippen LogP contribution in [-0.4, -0.2) is 20.8 Å². The van der Waals surface area contributed by atoms with Crippen molar-refractivity contribution in [1.29, 1.82) is 0 Å². The fourth-order valence-electron chi connectivity index (χ4n) is 1.02. The molecule has 1 aromatic rings.